The number of hydrogen-bond acceptors (Lipinski definition) is 4. The summed E-state index contributed by atoms with van der Waals surface area (Å²) in [6.07, 6.45) is 0. The van der Waals surface area contributed by atoms with Gasteiger partial charge in [-0.05, 0) is 29.8 Å². The molecule has 114 valence electrons. The number of halogens is 2. The van der Waals surface area contributed by atoms with Gasteiger partial charge < -0.3 is 5.32 Å². The maximum Gasteiger partial charge on any atom is 0.286 e. The Morgan fingerprint density at radius 1 is 1.23 bits per heavy atom. The Labute approximate surface area is 136 Å². The molecular weight excluding hydrogens is 347 g/mol. The van der Waals surface area contributed by atoms with E-state index in [0.717, 1.165) is 11.8 Å². The first-order valence-corrected chi connectivity index (χ1v) is 9.04. The molecule has 1 N–H and O–H groups in total. The summed E-state index contributed by atoms with van der Waals surface area (Å²) in [6.45, 7) is 0. The van der Waals surface area contributed by atoms with Crippen LogP contribution in [0.5, 0.6) is 0 Å². The maximum absolute atomic E-state index is 13.6. The van der Waals surface area contributed by atoms with Gasteiger partial charge in [-0.15, -0.1) is 4.40 Å². The van der Waals surface area contributed by atoms with Gasteiger partial charge >= 0.3 is 0 Å². The second-order valence-electron chi connectivity index (χ2n) is 4.52. The van der Waals surface area contributed by atoms with Crippen molar-refractivity contribution in [3.63, 3.8) is 0 Å². The summed E-state index contributed by atoms with van der Waals surface area (Å²) < 4.78 is 41.6. The molecule has 0 spiro atoms. The van der Waals surface area contributed by atoms with Gasteiger partial charge in [0, 0.05) is 10.8 Å². The van der Waals surface area contributed by atoms with E-state index in [-0.39, 0.29) is 21.6 Å². The molecule has 0 unspecified atom stereocenters. The first kappa shape index (κ1) is 15.3. The first-order valence-electron chi connectivity index (χ1n) is 6.23. The van der Waals surface area contributed by atoms with Crippen LogP contribution in [-0.2, 0) is 15.8 Å². The highest BCUT2D eigenvalue weighted by molar-refractivity contribution is 8.14. The van der Waals surface area contributed by atoms with Gasteiger partial charge in [-0.1, -0.05) is 41.6 Å². The van der Waals surface area contributed by atoms with E-state index in [9.17, 15) is 12.8 Å². The van der Waals surface area contributed by atoms with Crippen LogP contribution >= 0.6 is 23.4 Å². The first-order chi connectivity index (χ1) is 10.5. The van der Waals surface area contributed by atoms with Crippen molar-refractivity contribution >= 4 is 44.2 Å². The average molecular weight is 357 g/mol. The Balaban J connectivity index is 1.84. The number of nitrogens with zero attached hydrogens (tertiary/aromatic N) is 1. The minimum atomic E-state index is -3.80. The van der Waals surface area contributed by atoms with E-state index < -0.39 is 10.0 Å². The lowest BCUT2D eigenvalue weighted by Crippen LogP contribution is -2.19. The average Bonchev–Trinajstić information content (AvgIpc) is 2.47. The number of thioether (sulfide) groups is 1. The zero-order valence-electron chi connectivity index (χ0n) is 11.1. The molecule has 0 aliphatic carbocycles. The van der Waals surface area contributed by atoms with Gasteiger partial charge in [-0.3, -0.25) is 0 Å². The standard InChI is InChI=1S/C14H10ClFN2O2S2/c15-10-5-6-12-13(7-10)22(19,20)18-14(17-12)21-8-9-3-1-2-4-11(9)16/h1-7H,8H2,(H,17,18). The number of amidine groups is 1. The molecule has 1 aliphatic heterocycles. The van der Waals surface area contributed by atoms with E-state index in [0.29, 0.717) is 16.3 Å². The van der Waals surface area contributed by atoms with Gasteiger partial charge in [0.05, 0.1) is 5.69 Å². The van der Waals surface area contributed by atoms with E-state index in [1.807, 2.05) is 0 Å². The van der Waals surface area contributed by atoms with Gasteiger partial charge in [-0.2, -0.15) is 8.42 Å². The van der Waals surface area contributed by atoms with Crippen LogP contribution in [0.2, 0.25) is 5.02 Å². The lowest BCUT2D eigenvalue weighted by atomic mass is 10.2. The largest absolute Gasteiger partial charge is 0.333 e. The fourth-order valence-corrected chi connectivity index (χ4v) is 4.42. The van der Waals surface area contributed by atoms with E-state index >= 15 is 0 Å². The lowest BCUT2D eigenvalue weighted by molar-refractivity contribution is 0.598. The number of anilines is 1. The Kier molecular flexibility index (Phi) is 4.12. The highest BCUT2D eigenvalue weighted by atomic mass is 35.5. The van der Waals surface area contributed by atoms with E-state index in [2.05, 4.69) is 9.71 Å². The van der Waals surface area contributed by atoms with Crippen molar-refractivity contribution in [1.82, 2.24) is 0 Å². The summed E-state index contributed by atoms with van der Waals surface area (Å²) in [5, 5.41) is 3.45. The molecule has 0 aromatic heterocycles. The number of hydrogen-bond donors (Lipinski definition) is 1. The predicted molar refractivity (Wildman–Crippen MR) is 87.4 cm³/mol. The molecule has 0 saturated carbocycles. The molecule has 0 bridgehead atoms. The van der Waals surface area contributed by atoms with Crippen LogP contribution < -0.4 is 5.32 Å². The zero-order chi connectivity index (χ0) is 15.7. The van der Waals surface area contributed by atoms with Crippen molar-refractivity contribution < 1.29 is 12.8 Å². The minimum absolute atomic E-state index is 0.0373. The highest BCUT2D eigenvalue weighted by Crippen LogP contribution is 2.32. The molecule has 22 heavy (non-hydrogen) atoms. The van der Waals surface area contributed by atoms with Crippen molar-refractivity contribution in [3.05, 3.63) is 58.9 Å². The van der Waals surface area contributed by atoms with Crippen LogP contribution in [0, 0.1) is 5.82 Å². The summed E-state index contributed by atoms with van der Waals surface area (Å²) in [5.41, 5.74) is 0.895. The van der Waals surface area contributed by atoms with Crippen LogP contribution in [0.25, 0.3) is 0 Å². The summed E-state index contributed by atoms with van der Waals surface area (Å²) in [7, 11) is -3.80. The van der Waals surface area contributed by atoms with E-state index in [1.54, 1.807) is 30.3 Å². The van der Waals surface area contributed by atoms with Crippen LogP contribution in [0.4, 0.5) is 10.1 Å². The molecule has 0 saturated heterocycles. The van der Waals surface area contributed by atoms with Crippen LogP contribution in [0.3, 0.4) is 0 Å². The Morgan fingerprint density at radius 2 is 2.00 bits per heavy atom. The molecule has 2 aromatic rings. The third-order valence-electron chi connectivity index (χ3n) is 2.99. The molecule has 0 fully saturated rings. The third kappa shape index (κ3) is 3.11. The number of benzene rings is 2. The fraction of sp³-hybridized carbons (Fsp3) is 0.0714. The van der Waals surface area contributed by atoms with Crippen molar-refractivity contribution in [1.29, 1.82) is 0 Å². The van der Waals surface area contributed by atoms with Crippen molar-refractivity contribution in [2.24, 2.45) is 4.40 Å². The van der Waals surface area contributed by atoms with Crippen LogP contribution in [0.15, 0.2) is 51.8 Å². The molecular formula is C14H10ClFN2O2S2. The summed E-state index contributed by atoms with van der Waals surface area (Å²) in [6, 6.07) is 10.9. The lowest BCUT2D eigenvalue weighted by Gasteiger charge is -2.17. The maximum atomic E-state index is 13.6. The third-order valence-corrected chi connectivity index (χ3v) is 5.58. The molecule has 8 heteroatoms. The highest BCUT2D eigenvalue weighted by Gasteiger charge is 2.25. The molecule has 0 radical (unpaired) electrons. The number of fused-ring (bicyclic) bond motifs is 1. The summed E-state index contributed by atoms with van der Waals surface area (Å²) in [4.78, 5) is 0.0373. The SMILES string of the molecule is O=S1(=O)N=C(SCc2ccccc2F)Nc2ccc(Cl)cc21. The monoisotopic (exact) mass is 356 g/mol. The van der Waals surface area contributed by atoms with Gasteiger partial charge in [0.15, 0.2) is 5.17 Å². The summed E-state index contributed by atoms with van der Waals surface area (Å²) in [5.74, 6) is -0.0572. The summed E-state index contributed by atoms with van der Waals surface area (Å²) >= 11 is 6.93. The molecule has 1 aliphatic rings. The van der Waals surface area contributed by atoms with Crippen molar-refractivity contribution in [2.45, 2.75) is 10.6 Å². The normalized spacial score (nSPS) is 15.6. The van der Waals surface area contributed by atoms with Gasteiger partial charge in [0.25, 0.3) is 10.0 Å². The molecule has 0 amide bonds. The minimum Gasteiger partial charge on any atom is -0.333 e. The molecule has 1 heterocycles. The Hall–Kier alpha value is -1.57. The van der Waals surface area contributed by atoms with Crippen LogP contribution in [0.1, 0.15) is 5.56 Å². The predicted octanol–water partition coefficient (Wildman–Crippen LogP) is 3.88. The van der Waals surface area contributed by atoms with Gasteiger partial charge in [0.2, 0.25) is 0 Å². The van der Waals surface area contributed by atoms with Gasteiger partial charge in [0.1, 0.15) is 10.7 Å². The van der Waals surface area contributed by atoms with Crippen LogP contribution in [-0.4, -0.2) is 13.6 Å². The molecule has 3 rings (SSSR count). The molecule has 2 aromatic carbocycles. The zero-order valence-corrected chi connectivity index (χ0v) is 13.5. The number of rotatable bonds is 2. The van der Waals surface area contributed by atoms with Gasteiger partial charge in [-0.25, -0.2) is 4.39 Å². The second-order valence-corrected chi connectivity index (χ2v) is 7.49. The van der Waals surface area contributed by atoms with Crippen molar-refractivity contribution in [2.75, 3.05) is 5.32 Å². The smallest absolute Gasteiger partial charge is 0.286 e. The number of nitrogens with one attached hydrogen (secondary N) is 1. The molecule has 4 nitrogen and oxygen atoms in total. The Bertz CT molecular complexity index is 869. The molecule has 0 atom stereocenters. The van der Waals surface area contributed by atoms with E-state index in [4.69, 9.17) is 11.6 Å². The quantitative estimate of drug-likeness (QED) is 0.887. The topological polar surface area (TPSA) is 58.5 Å². The fourth-order valence-electron chi connectivity index (χ4n) is 1.93. The number of sulfonamides is 1. The van der Waals surface area contributed by atoms with E-state index in [1.165, 1.54) is 12.1 Å². The second kappa shape index (κ2) is 5.91. The Morgan fingerprint density at radius 3 is 2.77 bits per heavy atom. The van der Waals surface area contributed by atoms with Crippen molar-refractivity contribution in [3.8, 4) is 0 Å².